The molecule has 30 heavy (non-hydrogen) atoms. The third kappa shape index (κ3) is 6.42. The predicted molar refractivity (Wildman–Crippen MR) is 114 cm³/mol. The summed E-state index contributed by atoms with van der Waals surface area (Å²) in [5, 5.41) is 6.42. The first-order chi connectivity index (χ1) is 14.5. The highest BCUT2D eigenvalue weighted by Gasteiger charge is 2.17. The summed E-state index contributed by atoms with van der Waals surface area (Å²) in [6, 6.07) is 9.77. The Bertz CT molecular complexity index is 868. The molecule has 1 saturated heterocycles. The number of aryl methyl sites for hydroxylation is 1. The molecule has 1 atom stereocenters. The molecule has 1 heterocycles. The minimum atomic E-state index is -0.571. The second-order valence-corrected chi connectivity index (χ2v) is 7.49. The number of halogens is 2. The Hall–Kier alpha value is -2.67. The van der Waals surface area contributed by atoms with Gasteiger partial charge in [-0.1, -0.05) is 18.2 Å². The molecule has 0 aliphatic carbocycles. The summed E-state index contributed by atoms with van der Waals surface area (Å²) in [6.07, 6.45) is 1.46. The Kier molecular flexibility index (Phi) is 8.02. The van der Waals surface area contributed by atoms with E-state index in [4.69, 9.17) is 9.47 Å². The van der Waals surface area contributed by atoms with Crippen LogP contribution in [0.15, 0.2) is 41.4 Å². The zero-order chi connectivity index (χ0) is 21.3. The van der Waals surface area contributed by atoms with Gasteiger partial charge in [0, 0.05) is 44.3 Å². The van der Waals surface area contributed by atoms with Crippen molar-refractivity contribution in [3.05, 3.63) is 64.7 Å². The maximum Gasteiger partial charge on any atom is 0.191 e. The molecule has 2 N–H and O–H groups in total. The number of hydrogen-bond acceptors (Lipinski definition) is 3. The van der Waals surface area contributed by atoms with E-state index in [-0.39, 0.29) is 0 Å². The van der Waals surface area contributed by atoms with Crippen LogP contribution in [0, 0.1) is 24.5 Å². The molecule has 1 aliphatic heterocycles. The molecule has 0 amide bonds. The SMILES string of the molecule is CN=C(NCCc1ccc(F)cc1F)NCc1ccc(C)cc1OCC1CCOC1. The molecule has 0 saturated carbocycles. The Balaban J connectivity index is 1.51. The minimum Gasteiger partial charge on any atom is -0.493 e. The number of nitrogens with one attached hydrogen (secondary N) is 2. The van der Waals surface area contributed by atoms with Crippen molar-refractivity contribution in [2.75, 3.05) is 33.4 Å². The summed E-state index contributed by atoms with van der Waals surface area (Å²) in [6.45, 7) is 5.26. The highest BCUT2D eigenvalue weighted by Crippen LogP contribution is 2.22. The van der Waals surface area contributed by atoms with E-state index in [0.29, 0.717) is 43.6 Å². The molecule has 2 aromatic rings. The Morgan fingerprint density at radius 3 is 2.73 bits per heavy atom. The normalized spacial score (nSPS) is 16.5. The van der Waals surface area contributed by atoms with Crippen molar-refractivity contribution in [1.29, 1.82) is 0 Å². The van der Waals surface area contributed by atoms with Crippen LogP contribution >= 0.6 is 0 Å². The smallest absolute Gasteiger partial charge is 0.191 e. The number of ether oxygens (including phenoxy) is 2. The standard InChI is InChI=1S/C23H29F2N3O2/c1-16-3-4-19(22(11-16)30-15-17-8-10-29-14-17)13-28-23(26-2)27-9-7-18-5-6-20(24)12-21(18)25/h3-6,11-12,17H,7-10,13-15H2,1-2H3,(H2,26,27,28). The zero-order valence-electron chi connectivity index (χ0n) is 17.5. The monoisotopic (exact) mass is 417 g/mol. The van der Waals surface area contributed by atoms with Gasteiger partial charge in [0.2, 0.25) is 0 Å². The van der Waals surface area contributed by atoms with Crippen LogP contribution in [-0.2, 0) is 17.7 Å². The summed E-state index contributed by atoms with van der Waals surface area (Å²) in [5.41, 5.74) is 2.64. The topological polar surface area (TPSA) is 54.9 Å². The van der Waals surface area contributed by atoms with E-state index in [1.807, 2.05) is 19.1 Å². The van der Waals surface area contributed by atoms with Gasteiger partial charge in [-0.25, -0.2) is 8.78 Å². The quantitative estimate of drug-likeness (QED) is 0.509. The number of aliphatic imine (C=N–C) groups is 1. The van der Waals surface area contributed by atoms with E-state index < -0.39 is 11.6 Å². The Morgan fingerprint density at radius 2 is 2.00 bits per heavy atom. The van der Waals surface area contributed by atoms with Gasteiger partial charge in [0.25, 0.3) is 0 Å². The number of benzene rings is 2. The minimum absolute atomic E-state index is 0.426. The molecule has 1 aliphatic rings. The molecule has 0 aromatic heterocycles. The molecule has 1 unspecified atom stereocenters. The van der Waals surface area contributed by atoms with Gasteiger partial charge in [-0.05, 0) is 43.0 Å². The van der Waals surface area contributed by atoms with Gasteiger partial charge in [0.15, 0.2) is 5.96 Å². The second-order valence-electron chi connectivity index (χ2n) is 7.49. The maximum absolute atomic E-state index is 13.8. The van der Waals surface area contributed by atoms with E-state index in [1.54, 1.807) is 7.05 Å². The van der Waals surface area contributed by atoms with Crippen molar-refractivity contribution in [3.63, 3.8) is 0 Å². The van der Waals surface area contributed by atoms with E-state index >= 15 is 0 Å². The van der Waals surface area contributed by atoms with Crippen molar-refractivity contribution in [1.82, 2.24) is 10.6 Å². The van der Waals surface area contributed by atoms with Crippen LogP contribution in [0.1, 0.15) is 23.1 Å². The van der Waals surface area contributed by atoms with Crippen LogP contribution in [0.25, 0.3) is 0 Å². The molecule has 0 radical (unpaired) electrons. The molecule has 162 valence electrons. The number of rotatable bonds is 8. The fraction of sp³-hybridized carbons (Fsp3) is 0.435. The van der Waals surface area contributed by atoms with Gasteiger partial charge < -0.3 is 20.1 Å². The highest BCUT2D eigenvalue weighted by molar-refractivity contribution is 5.79. The number of hydrogen-bond donors (Lipinski definition) is 2. The number of guanidine groups is 1. The van der Waals surface area contributed by atoms with Crippen LogP contribution in [0.4, 0.5) is 8.78 Å². The lowest BCUT2D eigenvalue weighted by Gasteiger charge is -2.17. The van der Waals surface area contributed by atoms with Crippen LogP contribution < -0.4 is 15.4 Å². The van der Waals surface area contributed by atoms with Gasteiger partial charge in [-0.2, -0.15) is 0 Å². The van der Waals surface area contributed by atoms with E-state index in [0.717, 1.165) is 42.6 Å². The largest absolute Gasteiger partial charge is 0.493 e. The molecule has 7 heteroatoms. The third-order valence-electron chi connectivity index (χ3n) is 5.09. The Morgan fingerprint density at radius 1 is 1.17 bits per heavy atom. The molecule has 1 fully saturated rings. The fourth-order valence-corrected chi connectivity index (χ4v) is 3.30. The summed E-state index contributed by atoms with van der Waals surface area (Å²) >= 11 is 0. The zero-order valence-corrected chi connectivity index (χ0v) is 17.5. The predicted octanol–water partition coefficient (Wildman–Crippen LogP) is 3.60. The van der Waals surface area contributed by atoms with Crippen LogP contribution in [-0.4, -0.2) is 39.4 Å². The maximum atomic E-state index is 13.8. The third-order valence-corrected chi connectivity index (χ3v) is 5.09. The van der Waals surface area contributed by atoms with E-state index in [2.05, 4.69) is 21.7 Å². The van der Waals surface area contributed by atoms with Gasteiger partial charge in [-0.15, -0.1) is 0 Å². The molecule has 0 bridgehead atoms. The lowest BCUT2D eigenvalue weighted by Crippen LogP contribution is -2.38. The first kappa shape index (κ1) is 22.0. The van der Waals surface area contributed by atoms with Crippen molar-refractivity contribution in [3.8, 4) is 5.75 Å². The summed E-state index contributed by atoms with van der Waals surface area (Å²) < 4.78 is 38.3. The second kappa shape index (κ2) is 10.9. The van der Waals surface area contributed by atoms with Gasteiger partial charge in [0.05, 0.1) is 13.2 Å². The van der Waals surface area contributed by atoms with Crippen molar-refractivity contribution in [2.45, 2.75) is 26.3 Å². The van der Waals surface area contributed by atoms with Gasteiger partial charge >= 0.3 is 0 Å². The summed E-state index contributed by atoms with van der Waals surface area (Å²) in [7, 11) is 1.68. The molecule has 2 aromatic carbocycles. The number of nitrogens with zero attached hydrogens (tertiary/aromatic N) is 1. The van der Waals surface area contributed by atoms with Crippen LogP contribution in [0.3, 0.4) is 0 Å². The van der Waals surface area contributed by atoms with Crippen molar-refractivity contribution in [2.24, 2.45) is 10.9 Å². The average Bonchev–Trinajstić information content (AvgIpc) is 3.25. The molecule has 5 nitrogen and oxygen atoms in total. The molecule has 3 rings (SSSR count). The first-order valence-corrected chi connectivity index (χ1v) is 10.2. The van der Waals surface area contributed by atoms with Gasteiger partial charge in [0.1, 0.15) is 17.4 Å². The van der Waals surface area contributed by atoms with Gasteiger partial charge in [-0.3, -0.25) is 4.99 Å². The summed E-state index contributed by atoms with van der Waals surface area (Å²) in [5.74, 6) is 0.797. The molecular formula is C23H29F2N3O2. The van der Waals surface area contributed by atoms with E-state index in [1.165, 1.54) is 12.1 Å². The van der Waals surface area contributed by atoms with Crippen molar-refractivity contribution < 1.29 is 18.3 Å². The van der Waals surface area contributed by atoms with Crippen LogP contribution in [0.2, 0.25) is 0 Å². The lowest BCUT2D eigenvalue weighted by atomic mass is 10.1. The average molecular weight is 418 g/mol. The highest BCUT2D eigenvalue weighted by atomic mass is 19.1. The fourth-order valence-electron chi connectivity index (χ4n) is 3.30. The lowest BCUT2D eigenvalue weighted by molar-refractivity contribution is 0.166. The Labute approximate surface area is 176 Å². The molecule has 0 spiro atoms. The molecular weight excluding hydrogens is 388 g/mol. The summed E-state index contributed by atoms with van der Waals surface area (Å²) in [4.78, 5) is 4.21. The van der Waals surface area contributed by atoms with E-state index in [9.17, 15) is 8.78 Å². The first-order valence-electron chi connectivity index (χ1n) is 10.2. The van der Waals surface area contributed by atoms with Crippen molar-refractivity contribution >= 4 is 5.96 Å². The van der Waals surface area contributed by atoms with Crippen LogP contribution in [0.5, 0.6) is 5.75 Å².